The van der Waals surface area contributed by atoms with Gasteiger partial charge in [-0.1, -0.05) is 65.8 Å². The number of nitrogens with one attached hydrogen (secondary N) is 1. The summed E-state index contributed by atoms with van der Waals surface area (Å²) in [5.41, 5.74) is 5.63. The third kappa shape index (κ3) is 2.28. The maximum atomic E-state index is 5.94. The Morgan fingerprint density at radius 3 is 2.52 bits per heavy atom. The van der Waals surface area contributed by atoms with E-state index < -0.39 is 0 Å². The van der Waals surface area contributed by atoms with E-state index in [9.17, 15) is 0 Å². The van der Waals surface area contributed by atoms with E-state index in [4.69, 9.17) is 11.6 Å². The lowest BCUT2D eigenvalue weighted by molar-refractivity contribution is 0.792. The smallest absolute Gasteiger partial charge is 0.212 e. The van der Waals surface area contributed by atoms with Gasteiger partial charge in [-0.25, -0.2) is 4.68 Å². The predicted octanol–water partition coefficient (Wildman–Crippen LogP) is 3.95. The highest BCUT2D eigenvalue weighted by molar-refractivity contribution is 7.99. The third-order valence-corrected chi connectivity index (χ3v) is 4.65. The minimum absolute atomic E-state index is 0.121. The summed E-state index contributed by atoms with van der Waals surface area (Å²) in [7, 11) is 0. The monoisotopic (exact) mass is 314 g/mol. The Labute approximate surface area is 131 Å². The van der Waals surface area contributed by atoms with Gasteiger partial charge < -0.3 is 5.43 Å². The van der Waals surface area contributed by atoms with E-state index in [0.717, 1.165) is 27.1 Å². The second-order valence-electron chi connectivity index (χ2n) is 4.69. The number of benzene rings is 2. The lowest BCUT2D eigenvalue weighted by atomic mass is 10.2. The first-order valence-corrected chi connectivity index (χ1v) is 7.76. The fourth-order valence-electron chi connectivity index (χ4n) is 2.27. The molecule has 2 heterocycles. The molecule has 1 aromatic heterocycles. The Balaban J connectivity index is 1.66. The molecule has 0 saturated heterocycles. The number of thioether (sulfide) groups is 1. The van der Waals surface area contributed by atoms with Gasteiger partial charge in [0.1, 0.15) is 5.37 Å². The number of rotatable bonds is 2. The van der Waals surface area contributed by atoms with E-state index in [1.807, 2.05) is 59.3 Å². The van der Waals surface area contributed by atoms with Crippen molar-refractivity contribution in [1.82, 2.24) is 14.9 Å². The SMILES string of the molecule is Clc1ccc([C@@H]2Nn3c(nnc3-c3ccccc3)S2)cc1. The molecule has 6 heteroatoms. The van der Waals surface area contributed by atoms with Gasteiger partial charge in [-0.05, 0) is 17.7 Å². The Kier molecular flexibility index (Phi) is 3.09. The summed E-state index contributed by atoms with van der Waals surface area (Å²) < 4.78 is 1.94. The van der Waals surface area contributed by atoms with Crippen LogP contribution in [0.4, 0.5) is 0 Å². The van der Waals surface area contributed by atoms with Crippen LogP contribution in [0.25, 0.3) is 11.4 Å². The van der Waals surface area contributed by atoms with Crippen molar-refractivity contribution in [2.75, 3.05) is 5.43 Å². The largest absolute Gasteiger partial charge is 0.304 e. The summed E-state index contributed by atoms with van der Waals surface area (Å²) >= 11 is 7.58. The number of nitrogens with zero attached hydrogens (tertiary/aromatic N) is 3. The molecule has 1 atom stereocenters. The number of hydrogen-bond donors (Lipinski definition) is 1. The summed E-state index contributed by atoms with van der Waals surface area (Å²) in [5.74, 6) is 0.828. The molecule has 4 nitrogen and oxygen atoms in total. The zero-order valence-electron chi connectivity index (χ0n) is 10.9. The van der Waals surface area contributed by atoms with E-state index in [1.54, 1.807) is 11.8 Å². The molecule has 1 aliphatic rings. The standard InChI is InChI=1S/C15H11ClN4S/c16-12-8-6-11(7-9-12)14-19-20-13(17-18-15(20)21-14)10-4-2-1-3-5-10/h1-9,14,19H/t14-/m1/s1. The second-order valence-corrected chi connectivity index (χ2v) is 6.19. The molecule has 104 valence electrons. The van der Waals surface area contributed by atoms with Gasteiger partial charge in [-0.2, -0.15) is 0 Å². The van der Waals surface area contributed by atoms with E-state index in [-0.39, 0.29) is 5.37 Å². The van der Waals surface area contributed by atoms with Gasteiger partial charge in [0.15, 0.2) is 5.82 Å². The molecular weight excluding hydrogens is 304 g/mol. The van der Waals surface area contributed by atoms with Crippen molar-refractivity contribution in [3.8, 4) is 11.4 Å². The average Bonchev–Trinajstić information content (AvgIpc) is 3.09. The minimum atomic E-state index is 0.121. The molecule has 0 fully saturated rings. The van der Waals surface area contributed by atoms with Gasteiger partial charge >= 0.3 is 0 Å². The molecule has 1 N–H and O–H groups in total. The molecule has 0 saturated carbocycles. The van der Waals surface area contributed by atoms with Gasteiger partial charge in [0.2, 0.25) is 5.16 Å². The normalized spacial score (nSPS) is 16.5. The number of aromatic nitrogens is 3. The van der Waals surface area contributed by atoms with Crippen molar-refractivity contribution < 1.29 is 0 Å². The molecule has 0 aliphatic carbocycles. The van der Waals surface area contributed by atoms with Gasteiger partial charge in [0, 0.05) is 10.6 Å². The quantitative estimate of drug-likeness (QED) is 0.778. The highest BCUT2D eigenvalue weighted by atomic mass is 35.5. The fraction of sp³-hybridized carbons (Fsp3) is 0.0667. The number of hydrogen-bond acceptors (Lipinski definition) is 4. The fourth-order valence-corrected chi connectivity index (χ4v) is 3.39. The summed E-state index contributed by atoms with van der Waals surface area (Å²) in [6, 6.07) is 17.9. The highest BCUT2D eigenvalue weighted by Crippen LogP contribution is 2.40. The van der Waals surface area contributed by atoms with Crippen molar-refractivity contribution in [1.29, 1.82) is 0 Å². The molecule has 1 aliphatic heterocycles. The second kappa shape index (κ2) is 5.09. The van der Waals surface area contributed by atoms with E-state index >= 15 is 0 Å². The van der Waals surface area contributed by atoms with Crippen LogP contribution < -0.4 is 5.43 Å². The Bertz CT molecular complexity index is 770. The lowest BCUT2D eigenvalue weighted by Crippen LogP contribution is -2.13. The first kappa shape index (κ1) is 12.7. The van der Waals surface area contributed by atoms with Crippen LogP contribution in [0.2, 0.25) is 5.02 Å². The van der Waals surface area contributed by atoms with Crippen LogP contribution in [0.15, 0.2) is 59.8 Å². The molecule has 0 radical (unpaired) electrons. The van der Waals surface area contributed by atoms with Crippen LogP contribution in [-0.2, 0) is 0 Å². The predicted molar refractivity (Wildman–Crippen MR) is 84.9 cm³/mol. The molecule has 4 rings (SSSR count). The van der Waals surface area contributed by atoms with Gasteiger partial charge in [-0.15, -0.1) is 10.2 Å². The van der Waals surface area contributed by atoms with Gasteiger partial charge in [0.25, 0.3) is 0 Å². The first-order valence-electron chi connectivity index (χ1n) is 6.51. The zero-order valence-corrected chi connectivity index (χ0v) is 12.5. The first-order chi connectivity index (χ1) is 10.3. The van der Waals surface area contributed by atoms with Crippen molar-refractivity contribution in [3.63, 3.8) is 0 Å². The van der Waals surface area contributed by atoms with E-state index in [2.05, 4.69) is 15.6 Å². The molecule has 0 unspecified atom stereocenters. The summed E-state index contributed by atoms with van der Waals surface area (Å²) in [5, 5.41) is 10.2. The average molecular weight is 315 g/mol. The van der Waals surface area contributed by atoms with Gasteiger partial charge in [0.05, 0.1) is 0 Å². The van der Waals surface area contributed by atoms with Crippen molar-refractivity contribution in [2.24, 2.45) is 0 Å². The number of halogens is 1. The van der Waals surface area contributed by atoms with Crippen molar-refractivity contribution >= 4 is 23.4 Å². The van der Waals surface area contributed by atoms with Crippen LogP contribution in [0.1, 0.15) is 10.9 Å². The Morgan fingerprint density at radius 2 is 1.76 bits per heavy atom. The van der Waals surface area contributed by atoms with Crippen molar-refractivity contribution in [2.45, 2.75) is 10.5 Å². The van der Waals surface area contributed by atoms with Crippen LogP contribution in [0.5, 0.6) is 0 Å². The molecule has 0 bridgehead atoms. The molecule has 21 heavy (non-hydrogen) atoms. The highest BCUT2D eigenvalue weighted by Gasteiger charge is 2.27. The molecular formula is C15H11ClN4S. The zero-order chi connectivity index (χ0) is 14.2. The Morgan fingerprint density at radius 1 is 1.00 bits per heavy atom. The number of fused-ring (bicyclic) bond motifs is 1. The van der Waals surface area contributed by atoms with E-state index in [0.29, 0.717) is 0 Å². The van der Waals surface area contributed by atoms with Crippen LogP contribution in [0.3, 0.4) is 0 Å². The van der Waals surface area contributed by atoms with Crippen LogP contribution in [0, 0.1) is 0 Å². The van der Waals surface area contributed by atoms with E-state index in [1.165, 1.54) is 0 Å². The topological polar surface area (TPSA) is 42.7 Å². The molecule has 0 amide bonds. The molecule has 2 aromatic carbocycles. The Hall–Kier alpha value is -1.98. The molecule has 3 aromatic rings. The van der Waals surface area contributed by atoms with Gasteiger partial charge in [-0.3, -0.25) is 0 Å². The lowest BCUT2D eigenvalue weighted by Gasteiger charge is -2.12. The van der Waals surface area contributed by atoms with Crippen LogP contribution in [-0.4, -0.2) is 14.9 Å². The summed E-state index contributed by atoms with van der Waals surface area (Å²) in [6.07, 6.45) is 0. The maximum Gasteiger partial charge on any atom is 0.212 e. The maximum absolute atomic E-state index is 5.94. The van der Waals surface area contributed by atoms with Crippen LogP contribution >= 0.6 is 23.4 Å². The third-order valence-electron chi connectivity index (χ3n) is 3.31. The van der Waals surface area contributed by atoms with Crippen molar-refractivity contribution in [3.05, 3.63) is 65.2 Å². The summed E-state index contributed by atoms with van der Waals surface area (Å²) in [4.78, 5) is 0. The minimum Gasteiger partial charge on any atom is -0.304 e. The molecule has 0 spiro atoms. The summed E-state index contributed by atoms with van der Waals surface area (Å²) in [6.45, 7) is 0.